The molecule has 24 heavy (non-hydrogen) atoms. The Kier molecular flexibility index (Phi) is 3.42. The lowest BCUT2D eigenvalue weighted by Crippen LogP contribution is -2.22. The van der Waals surface area contributed by atoms with Gasteiger partial charge in [0.2, 0.25) is 0 Å². The standard InChI is InChI=1S/C18H15N3O3/c1-23-15-7-4-5-12-9-16(24-17(12)15)18(22)19-11-13-10-14-6-2-3-8-21(14)20-13/h2-10H,11H2,1H3,(H,19,22). The minimum atomic E-state index is -0.287. The third kappa shape index (κ3) is 2.48. The molecule has 0 atom stereocenters. The van der Waals surface area contributed by atoms with E-state index in [4.69, 9.17) is 9.15 Å². The largest absolute Gasteiger partial charge is 0.493 e. The number of fused-ring (bicyclic) bond motifs is 2. The molecule has 4 aromatic rings. The van der Waals surface area contributed by atoms with Crippen molar-refractivity contribution in [2.45, 2.75) is 6.54 Å². The molecule has 3 heterocycles. The van der Waals surface area contributed by atoms with Crippen LogP contribution in [0, 0.1) is 0 Å². The first kappa shape index (κ1) is 14.3. The van der Waals surface area contributed by atoms with Crippen molar-refractivity contribution < 1.29 is 13.9 Å². The molecule has 0 radical (unpaired) electrons. The fourth-order valence-corrected chi connectivity index (χ4v) is 2.64. The Labute approximate surface area is 137 Å². The first-order chi connectivity index (χ1) is 11.7. The van der Waals surface area contributed by atoms with Gasteiger partial charge >= 0.3 is 0 Å². The van der Waals surface area contributed by atoms with E-state index in [1.54, 1.807) is 23.8 Å². The quantitative estimate of drug-likeness (QED) is 0.627. The van der Waals surface area contributed by atoms with E-state index in [9.17, 15) is 4.79 Å². The van der Waals surface area contributed by atoms with Gasteiger partial charge in [-0.3, -0.25) is 4.79 Å². The Morgan fingerprint density at radius 3 is 3.00 bits per heavy atom. The summed E-state index contributed by atoms with van der Waals surface area (Å²) in [5, 5.41) is 8.05. The fourth-order valence-electron chi connectivity index (χ4n) is 2.64. The number of aromatic nitrogens is 2. The van der Waals surface area contributed by atoms with Crippen LogP contribution in [0.1, 0.15) is 16.2 Å². The average Bonchev–Trinajstić information content (AvgIpc) is 3.22. The maximum absolute atomic E-state index is 12.3. The summed E-state index contributed by atoms with van der Waals surface area (Å²) in [5.74, 6) is 0.565. The van der Waals surface area contributed by atoms with Gasteiger partial charge in [-0.05, 0) is 30.3 Å². The summed E-state index contributed by atoms with van der Waals surface area (Å²) in [4.78, 5) is 12.3. The Morgan fingerprint density at radius 2 is 2.17 bits per heavy atom. The van der Waals surface area contributed by atoms with Gasteiger partial charge in [-0.2, -0.15) is 5.10 Å². The summed E-state index contributed by atoms with van der Waals surface area (Å²) in [6.45, 7) is 0.328. The van der Waals surface area contributed by atoms with Crippen LogP contribution in [0.3, 0.4) is 0 Å². The van der Waals surface area contributed by atoms with Crippen LogP contribution in [0.4, 0.5) is 0 Å². The summed E-state index contributed by atoms with van der Waals surface area (Å²) < 4.78 is 12.7. The topological polar surface area (TPSA) is 68.8 Å². The molecule has 0 saturated carbocycles. The average molecular weight is 321 g/mol. The summed E-state index contributed by atoms with van der Waals surface area (Å²) in [6.07, 6.45) is 1.87. The first-order valence-electron chi connectivity index (χ1n) is 7.52. The van der Waals surface area contributed by atoms with Gasteiger partial charge in [0.05, 0.1) is 24.9 Å². The van der Waals surface area contributed by atoms with Gasteiger partial charge in [-0.25, -0.2) is 4.52 Å². The molecule has 0 aliphatic heterocycles. The zero-order valence-electron chi connectivity index (χ0n) is 13.0. The number of rotatable bonds is 4. The molecule has 0 bridgehead atoms. The predicted molar refractivity (Wildman–Crippen MR) is 89.1 cm³/mol. The van der Waals surface area contributed by atoms with Crippen molar-refractivity contribution in [3.8, 4) is 5.75 Å². The molecule has 1 amide bonds. The third-order valence-corrected chi connectivity index (χ3v) is 3.80. The SMILES string of the molecule is COc1cccc2cc(C(=O)NCc3cc4ccccn4n3)oc12. The van der Waals surface area contributed by atoms with Crippen molar-refractivity contribution in [2.24, 2.45) is 0 Å². The number of pyridine rings is 1. The van der Waals surface area contributed by atoms with Crippen molar-refractivity contribution in [3.05, 3.63) is 66.2 Å². The molecular formula is C18H15N3O3. The van der Waals surface area contributed by atoms with Crippen LogP contribution < -0.4 is 10.1 Å². The van der Waals surface area contributed by atoms with Gasteiger partial charge in [-0.1, -0.05) is 18.2 Å². The highest BCUT2D eigenvalue weighted by molar-refractivity contribution is 5.97. The molecule has 0 aliphatic carbocycles. The molecule has 6 heteroatoms. The third-order valence-electron chi connectivity index (χ3n) is 3.80. The number of hydrogen-bond acceptors (Lipinski definition) is 4. The summed E-state index contributed by atoms with van der Waals surface area (Å²) >= 11 is 0. The predicted octanol–water partition coefficient (Wildman–Crippen LogP) is 3.02. The highest BCUT2D eigenvalue weighted by Gasteiger charge is 2.15. The molecule has 0 fully saturated rings. The van der Waals surface area contributed by atoms with E-state index in [0.717, 1.165) is 16.6 Å². The zero-order valence-corrected chi connectivity index (χ0v) is 13.0. The summed E-state index contributed by atoms with van der Waals surface area (Å²) in [7, 11) is 1.57. The minimum absolute atomic E-state index is 0.248. The minimum Gasteiger partial charge on any atom is -0.493 e. The maximum atomic E-state index is 12.3. The van der Waals surface area contributed by atoms with Crippen molar-refractivity contribution in [1.82, 2.24) is 14.9 Å². The Balaban J connectivity index is 1.53. The second kappa shape index (κ2) is 5.73. The van der Waals surface area contributed by atoms with Gasteiger partial charge in [0, 0.05) is 11.6 Å². The first-order valence-corrected chi connectivity index (χ1v) is 7.52. The van der Waals surface area contributed by atoms with E-state index >= 15 is 0 Å². The van der Waals surface area contributed by atoms with E-state index < -0.39 is 0 Å². The molecule has 6 nitrogen and oxygen atoms in total. The van der Waals surface area contributed by atoms with Crippen molar-refractivity contribution in [2.75, 3.05) is 7.11 Å². The number of hydrogen-bond donors (Lipinski definition) is 1. The van der Waals surface area contributed by atoms with Crippen LogP contribution in [-0.2, 0) is 6.54 Å². The monoisotopic (exact) mass is 321 g/mol. The molecule has 120 valence electrons. The number of benzene rings is 1. The van der Waals surface area contributed by atoms with Gasteiger partial charge in [-0.15, -0.1) is 0 Å². The van der Waals surface area contributed by atoms with Gasteiger partial charge in [0.15, 0.2) is 17.1 Å². The highest BCUT2D eigenvalue weighted by atomic mass is 16.5. The number of ether oxygens (including phenoxy) is 1. The number of nitrogens with one attached hydrogen (secondary N) is 1. The van der Waals surface area contributed by atoms with Crippen LogP contribution in [0.25, 0.3) is 16.5 Å². The smallest absolute Gasteiger partial charge is 0.287 e. The van der Waals surface area contributed by atoms with Crippen LogP contribution in [0.15, 0.2) is 59.1 Å². The van der Waals surface area contributed by atoms with Crippen LogP contribution in [0.5, 0.6) is 5.75 Å². The van der Waals surface area contributed by atoms with Crippen LogP contribution >= 0.6 is 0 Å². The van der Waals surface area contributed by atoms with Crippen molar-refractivity contribution in [1.29, 1.82) is 0 Å². The van der Waals surface area contributed by atoms with Gasteiger partial charge in [0.25, 0.3) is 5.91 Å². The summed E-state index contributed by atoms with van der Waals surface area (Å²) in [6, 6.07) is 15.0. The van der Waals surface area contributed by atoms with Gasteiger partial charge in [0.1, 0.15) is 0 Å². The second-order valence-electron chi connectivity index (χ2n) is 5.38. The second-order valence-corrected chi connectivity index (χ2v) is 5.38. The lowest BCUT2D eigenvalue weighted by atomic mass is 10.2. The molecule has 0 saturated heterocycles. The molecular weight excluding hydrogens is 306 g/mol. The Bertz CT molecular complexity index is 999. The van der Waals surface area contributed by atoms with Gasteiger partial charge < -0.3 is 14.5 Å². The zero-order chi connectivity index (χ0) is 16.5. The van der Waals surface area contributed by atoms with Crippen molar-refractivity contribution >= 4 is 22.4 Å². The number of carbonyl (C=O) groups is 1. The van der Waals surface area contributed by atoms with E-state index in [2.05, 4.69) is 10.4 Å². The number of amides is 1. The van der Waals surface area contributed by atoms with Crippen LogP contribution in [0.2, 0.25) is 0 Å². The highest BCUT2D eigenvalue weighted by Crippen LogP contribution is 2.28. The number of para-hydroxylation sites is 1. The molecule has 0 aliphatic rings. The molecule has 1 aromatic carbocycles. The van der Waals surface area contributed by atoms with Crippen molar-refractivity contribution in [3.63, 3.8) is 0 Å². The van der Waals surface area contributed by atoms with E-state index in [1.165, 1.54) is 0 Å². The fraction of sp³-hybridized carbons (Fsp3) is 0.111. The number of methoxy groups -OCH3 is 1. The summed E-state index contributed by atoms with van der Waals surface area (Å²) in [5.41, 5.74) is 2.33. The van der Waals surface area contributed by atoms with E-state index in [0.29, 0.717) is 17.9 Å². The molecule has 0 unspecified atom stereocenters. The van der Waals surface area contributed by atoms with E-state index in [-0.39, 0.29) is 11.7 Å². The lowest BCUT2D eigenvalue weighted by Gasteiger charge is -2.00. The number of furan rings is 1. The number of carbonyl (C=O) groups excluding carboxylic acids is 1. The van der Waals surface area contributed by atoms with E-state index in [1.807, 2.05) is 42.6 Å². The molecule has 0 spiro atoms. The Morgan fingerprint density at radius 1 is 1.25 bits per heavy atom. The van der Waals surface area contributed by atoms with Crippen LogP contribution in [-0.4, -0.2) is 22.6 Å². The molecule has 4 rings (SSSR count). The maximum Gasteiger partial charge on any atom is 0.287 e. The lowest BCUT2D eigenvalue weighted by molar-refractivity contribution is 0.0924. The molecule has 1 N–H and O–H groups in total. The Hall–Kier alpha value is -3.28. The molecule has 3 aromatic heterocycles. The number of nitrogens with zero attached hydrogens (tertiary/aromatic N) is 2. The normalized spacial score (nSPS) is 11.0.